The molecule has 0 aromatic carbocycles. The Bertz CT molecular complexity index is 120. The third-order valence-electron chi connectivity index (χ3n) is 2.43. The smallest absolute Gasteiger partial charge is 0.230 e. The lowest BCUT2D eigenvalue weighted by Gasteiger charge is -2.12. The van der Waals surface area contributed by atoms with Gasteiger partial charge in [0.05, 0.1) is 6.61 Å². The fraction of sp³-hybridized carbons (Fsp3) is 0.889. The van der Waals surface area contributed by atoms with Crippen LogP contribution in [0.2, 0.25) is 0 Å². The van der Waals surface area contributed by atoms with Crippen LogP contribution in [0.1, 0.15) is 38.5 Å². The van der Waals surface area contributed by atoms with Crippen molar-refractivity contribution in [2.75, 3.05) is 6.61 Å². The van der Waals surface area contributed by atoms with Crippen LogP contribution in [-0.2, 0) is 9.63 Å². The molecular weight excluding hydrogens is 154 g/mol. The molecule has 1 fully saturated rings. The van der Waals surface area contributed by atoms with Gasteiger partial charge in [0, 0.05) is 0 Å². The van der Waals surface area contributed by atoms with E-state index in [1.807, 2.05) is 0 Å². The minimum atomic E-state index is 0.580. The second-order valence-electron chi connectivity index (χ2n) is 3.40. The van der Waals surface area contributed by atoms with E-state index in [9.17, 15) is 4.79 Å². The molecule has 0 bridgehead atoms. The number of carbonyl (C=O) groups is 1. The Balaban J connectivity index is 2.07. The summed E-state index contributed by atoms with van der Waals surface area (Å²) < 4.78 is 0. The zero-order valence-corrected chi connectivity index (χ0v) is 7.42. The minimum absolute atomic E-state index is 0.580. The molecule has 0 atom stereocenters. The van der Waals surface area contributed by atoms with E-state index in [4.69, 9.17) is 4.84 Å². The van der Waals surface area contributed by atoms with E-state index in [1.165, 1.54) is 38.5 Å². The molecule has 0 aromatic rings. The van der Waals surface area contributed by atoms with Crippen molar-refractivity contribution in [1.82, 2.24) is 5.48 Å². The lowest BCUT2D eigenvalue weighted by molar-refractivity contribution is -0.121. The molecule has 0 unspecified atom stereocenters. The highest BCUT2D eigenvalue weighted by molar-refractivity contribution is 5.43. The number of carbonyl (C=O) groups excluding carboxylic acids is 1. The molecule has 1 aliphatic carbocycles. The van der Waals surface area contributed by atoms with Crippen LogP contribution in [0.15, 0.2) is 0 Å². The van der Waals surface area contributed by atoms with Crippen molar-refractivity contribution < 1.29 is 9.63 Å². The zero-order chi connectivity index (χ0) is 8.65. The van der Waals surface area contributed by atoms with Crippen LogP contribution < -0.4 is 5.48 Å². The zero-order valence-electron chi connectivity index (χ0n) is 7.42. The third kappa shape index (κ3) is 3.72. The standard InChI is InChI=1S/C9H17NO2/c11-8-10-12-7-9-5-3-1-2-4-6-9/h8-9H,1-7H2,(H,10,11). The highest BCUT2D eigenvalue weighted by Crippen LogP contribution is 2.22. The molecule has 12 heavy (non-hydrogen) atoms. The van der Waals surface area contributed by atoms with Crippen molar-refractivity contribution in [2.24, 2.45) is 5.92 Å². The lowest BCUT2D eigenvalue weighted by atomic mass is 10.0. The fourth-order valence-corrected chi connectivity index (χ4v) is 1.73. The van der Waals surface area contributed by atoms with E-state index in [2.05, 4.69) is 5.48 Å². The van der Waals surface area contributed by atoms with Gasteiger partial charge in [-0.05, 0) is 18.8 Å². The van der Waals surface area contributed by atoms with E-state index < -0.39 is 0 Å². The Morgan fingerprint density at radius 3 is 2.50 bits per heavy atom. The van der Waals surface area contributed by atoms with Gasteiger partial charge in [-0.15, -0.1) is 0 Å². The van der Waals surface area contributed by atoms with Crippen LogP contribution in [0.25, 0.3) is 0 Å². The molecule has 70 valence electrons. The first-order valence-electron chi connectivity index (χ1n) is 4.74. The molecule has 0 aliphatic heterocycles. The molecule has 0 radical (unpaired) electrons. The highest BCUT2D eigenvalue weighted by atomic mass is 16.6. The molecule has 1 rings (SSSR count). The second kappa shape index (κ2) is 6.00. The number of nitrogens with one attached hydrogen (secondary N) is 1. The van der Waals surface area contributed by atoms with Gasteiger partial charge in [-0.2, -0.15) is 0 Å². The first-order valence-corrected chi connectivity index (χ1v) is 4.74. The van der Waals surface area contributed by atoms with Crippen molar-refractivity contribution in [3.8, 4) is 0 Å². The molecule has 1 amide bonds. The lowest BCUT2D eigenvalue weighted by Crippen LogP contribution is -2.18. The minimum Gasteiger partial charge on any atom is -0.277 e. The van der Waals surface area contributed by atoms with E-state index in [0.29, 0.717) is 18.9 Å². The SMILES string of the molecule is O=CNOCC1CCCCCC1. The third-order valence-corrected chi connectivity index (χ3v) is 2.43. The van der Waals surface area contributed by atoms with Crippen LogP contribution in [0.4, 0.5) is 0 Å². The van der Waals surface area contributed by atoms with Gasteiger partial charge in [0.25, 0.3) is 0 Å². The van der Waals surface area contributed by atoms with Crippen molar-refractivity contribution >= 4 is 6.41 Å². The van der Waals surface area contributed by atoms with Gasteiger partial charge in [-0.25, -0.2) is 5.48 Å². The highest BCUT2D eigenvalue weighted by Gasteiger charge is 2.11. The maximum atomic E-state index is 9.88. The summed E-state index contributed by atoms with van der Waals surface area (Å²) in [6.07, 6.45) is 8.43. The molecule has 3 nitrogen and oxygen atoms in total. The Kier molecular flexibility index (Phi) is 4.76. The van der Waals surface area contributed by atoms with Gasteiger partial charge >= 0.3 is 0 Å². The topological polar surface area (TPSA) is 38.3 Å². The summed E-state index contributed by atoms with van der Waals surface area (Å²) in [5, 5.41) is 0. The Hall–Kier alpha value is -0.570. The number of hydrogen-bond acceptors (Lipinski definition) is 2. The van der Waals surface area contributed by atoms with Gasteiger partial charge in [-0.3, -0.25) is 9.63 Å². The van der Waals surface area contributed by atoms with Crippen molar-refractivity contribution in [2.45, 2.75) is 38.5 Å². The summed E-state index contributed by atoms with van der Waals surface area (Å²) >= 11 is 0. The van der Waals surface area contributed by atoms with Gasteiger partial charge in [0.1, 0.15) is 0 Å². The van der Waals surface area contributed by atoms with Crippen LogP contribution in [0.3, 0.4) is 0 Å². The maximum Gasteiger partial charge on any atom is 0.230 e. The fourth-order valence-electron chi connectivity index (χ4n) is 1.73. The molecule has 1 N–H and O–H groups in total. The van der Waals surface area contributed by atoms with E-state index in [0.717, 1.165) is 0 Å². The molecule has 0 spiro atoms. The summed E-state index contributed by atoms with van der Waals surface area (Å²) in [6.45, 7) is 0.679. The molecule has 0 saturated heterocycles. The Morgan fingerprint density at radius 2 is 1.92 bits per heavy atom. The van der Waals surface area contributed by atoms with Gasteiger partial charge in [-0.1, -0.05) is 25.7 Å². The van der Waals surface area contributed by atoms with Crippen molar-refractivity contribution in [3.05, 3.63) is 0 Å². The largest absolute Gasteiger partial charge is 0.277 e. The van der Waals surface area contributed by atoms with E-state index in [1.54, 1.807) is 0 Å². The summed E-state index contributed by atoms with van der Waals surface area (Å²) in [7, 11) is 0. The van der Waals surface area contributed by atoms with Crippen molar-refractivity contribution in [1.29, 1.82) is 0 Å². The normalized spacial score (nSPS) is 20.0. The van der Waals surface area contributed by atoms with E-state index in [-0.39, 0.29) is 0 Å². The van der Waals surface area contributed by atoms with Gasteiger partial charge < -0.3 is 0 Å². The maximum absolute atomic E-state index is 9.88. The molecule has 1 saturated carbocycles. The van der Waals surface area contributed by atoms with Crippen molar-refractivity contribution in [3.63, 3.8) is 0 Å². The first-order chi connectivity index (χ1) is 5.93. The first kappa shape index (κ1) is 9.52. The number of rotatable bonds is 4. The molecule has 1 aliphatic rings. The Labute approximate surface area is 73.4 Å². The van der Waals surface area contributed by atoms with Gasteiger partial charge in [0.15, 0.2) is 0 Å². The Morgan fingerprint density at radius 1 is 1.25 bits per heavy atom. The predicted molar refractivity (Wildman–Crippen MR) is 46.3 cm³/mol. The molecule has 3 heteroatoms. The average Bonchev–Trinajstić information content (AvgIpc) is 2.33. The molecular formula is C9H17NO2. The van der Waals surface area contributed by atoms with Crippen LogP contribution >= 0.6 is 0 Å². The summed E-state index contributed by atoms with van der Waals surface area (Å²) in [5.41, 5.74) is 2.24. The van der Waals surface area contributed by atoms with Crippen LogP contribution in [-0.4, -0.2) is 13.0 Å². The summed E-state index contributed by atoms with van der Waals surface area (Å²) in [6, 6.07) is 0. The van der Waals surface area contributed by atoms with Crippen LogP contribution in [0, 0.1) is 5.92 Å². The van der Waals surface area contributed by atoms with Gasteiger partial charge in [0.2, 0.25) is 6.41 Å². The summed E-state index contributed by atoms with van der Waals surface area (Å²) in [5.74, 6) is 0.653. The number of amides is 1. The number of hydrogen-bond donors (Lipinski definition) is 1. The quantitative estimate of drug-likeness (QED) is 0.302. The second-order valence-corrected chi connectivity index (χ2v) is 3.40. The van der Waals surface area contributed by atoms with E-state index >= 15 is 0 Å². The predicted octanol–water partition coefficient (Wildman–Crippen LogP) is 1.63. The summed E-state index contributed by atoms with van der Waals surface area (Å²) in [4.78, 5) is 14.8. The molecule has 0 heterocycles. The monoisotopic (exact) mass is 171 g/mol. The molecule has 0 aromatic heterocycles. The number of hydroxylamine groups is 1. The van der Waals surface area contributed by atoms with Crippen LogP contribution in [0.5, 0.6) is 0 Å². The average molecular weight is 171 g/mol.